The van der Waals surface area contributed by atoms with Crippen LogP contribution in [0, 0.1) is 0 Å². The Morgan fingerprint density at radius 2 is 0.679 bits per heavy atom. The Kier molecular flexibility index (Phi) is 37.8. The van der Waals surface area contributed by atoms with Crippen LogP contribution >= 0.6 is 0 Å². The van der Waals surface area contributed by atoms with Gasteiger partial charge in [0.2, 0.25) is 0 Å². The number of hydrogen-bond acceptors (Lipinski definition) is 6. The molecule has 0 saturated heterocycles. The molecule has 0 aromatic rings. The van der Waals surface area contributed by atoms with Gasteiger partial charge >= 0.3 is 17.9 Å². The zero-order chi connectivity index (χ0) is 38.7. The average Bonchev–Trinajstić information content (AvgIpc) is 3.15. The highest BCUT2D eigenvalue weighted by Crippen LogP contribution is 2.09. The highest BCUT2D eigenvalue weighted by molar-refractivity contribution is 5.71. The van der Waals surface area contributed by atoms with Crippen molar-refractivity contribution in [3.8, 4) is 0 Å². The van der Waals surface area contributed by atoms with Crippen LogP contribution in [-0.2, 0) is 28.6 Å². The van der Waals surface area contributed by atoms with Crippen molar-refractivity contribution >= 4 is 17.9 Å². The lowest BCUT2D eigenvalue weighted by Crippen LogP contribution is -2.30. The molecule has 0 bridgehead atoms. The average molecular weight is 733 g/mol. The third-order valence-electron chi connectivity index (χ3n) is 7.75. The standard InChI is InChI=1S/C47H72O6/c1-4-7-10-13-16-19-20-21-22-23-24-25-26-29-31-34-37-40-46(49)52-43-44(53-47(50)41-38-35-32-28-18-15-12-9-6-3)42-51-45(48)39-36-33-30-27-17-14-11-8-5-2/h7-12,16-19,21-22,24-25,27-29,31,44H,4-6,13-15,20,23,26,30,32-43H2,1-3H3/b10-7-,11-8-,12-9-,19-16-,22-21-,25-24-,27-17-,28-18-,31-29-. The molecule has 0 heterocycles. The van der Waals surface area contributed by atoms with E-state index < -0.39 is 6.10 Å². The summed E-state index contributed by atoms with van der Waals surface area (Å²) in [5, 5.41) is 0. The van der Waals surface area contributed by atoms with Gasteiger partial charge in [-0.1, -0.05) is 130 Å². The highest BCUT2D eigenvalue weighted by Gasteiger charge is 2.19. The molecule has 0 fully saturated rings. The molecule has 0 aromatic heterocycles. The van der Waals surface area contributed by atoms with Crippen molar-refractivity contribution in [2.45, 2.75) is 155 Å². The molecule has 0 radical (unpaired) electrons. The van der Waals surface area contributed by atoms with Gasteiger partial charge in [-0.2, -0.15) is 0 Å². The van der Waals surface area contributed by atoms with Gasteiger partial charge in [0, 0.05) is 19.3 Å². The third-order valence-corrected chi connectivity index (χ3v) is 7.75. The molecule has 0 N–H and O–H groups in total. The number of ether oxygens (including phenoxy) is 3. The van der Waals surface area contributed by atoms with E-state index >= 15 is 0 Å². The maximum Gasteiger partial charge on any atom is 0.306 e. The van der Waals surface area contributed by atoms with E-state index in [0.717, 1.165) is 89.9 Å². The van der Waals surface area contributed by atoms with Crippen molar-refractivity contribution < 1.29 is 28.6 Å². The van der Waals surface area contributed by atoms with Crippen molar-refractivity contribution in [2.24, 2.45) is 0 Å². The Morgan fingerprint density at radius 3 is 1.06 bits per heavy atom. The summed E-state index contributed by atoms with van der Waals surface area (Å²) in [6, 6.07) is 0. The lowest BCUT2D eigenvalue weighted by atomic mass is 10.2. The maximum atomic E-state index is 12.6. The fraction of sp³-hybridized carbons (Fsp3) is 0.553. The van der Waals surface area contributed by atoms with Gasteiger partial charge in [-0.25, -0.2) is 0 Å². The second-order valence-corrected chi connectivity index (χ2v) is 12.7. The molecule has 1 atom stereocenters. The number of carbonyl (C=O) groups excluding carboxylic acids is 3. The lowest BCUT2D eigenvalue weighted by molar-refractivity contribution is -0.167. The van der Waals surface area contributed by atoms with Gasteiger partial charge in [0.05, 0.1) is 0 Å². The predicted octanol–water partition coefficient (Wildman–Crippen LogP) is 12.9. The van der Waals surface area contributed by atoms with Crippen LogP contribution in [0.4, 0.5) is 0 Å². The molecule has 6 heteroatoms. The molecule has 296 valence electrons. The predicted molar refractivity (Wildman–Crippen MR) is 223 cm³/mol. The van der Waals surface area contributed by atoms with Crippen molar-refractivity contribution in [3.05, 3.63) is 109 Å². The van der Waals surface area contributed by atoms with Crippen molar-refractivity contribution in [1.29, 1.82) is 0 Å². The van der Waals surface area contributed by atoms with Crippen LogP contribution in [0.2, 0.25) is 0 Å². The molecule has 53 heavy (non-hydrogen) atoms. The monoisotopic (exact) mass is 733 g/mol. The molecule has 0 aliphatic carbocycles. The Labute approximate surface area is 323 Å². The Morgan fingerprint density at radius 1 is 0.377 bits per heavy atom. The van der Waals surface area contributed by atoms with Crippen molar-refractivity contribution in [2.75, 3.05) is 13.2 Å². The first kappa shape index (κ1) is 49.1. The SMILES string of the molecule is CC/C=C\C/C=C\C/C=C\C/C=C\C/C=C\CCCC(=O)OCC(COC(=O)CCCC/C=C\C/C=C\CC)OC(=O)CCCC/C=C\C/C=C\CC. The first-order valence-electron chi connectivity index (χ1n) is 20.4. The van der Waals surface area contributed by atoms with Crippen molar-refractivity contribution in [3.63, 3.8) is 0 Å². The molecular weight excluding hydrogens is 661 g/mol. The molecule has 0 aliphatic rings. The minimum Gasteiger partial charge on any atom is -0.462 e. The topological polar surface area (TPSA) is 78.9 Å². The van der Waals surface area contributed by atoms with Crippen LogP contribution in [0.1, 0.15) is 149 Å². The summed E-state index contributed by atoms with van der Waals surface area (Å²) in [6.07, 6.45) is 53.9. The van der Waals surface area contributed by atoms with E-state index in [-0.39, 0.29) is 44.0 Å². The summed E-state index contributed by atoms with van der Waals surface area (Å²) in [5.41, 5.74) is 0. The number of carbonyl (C=O) groups is 3. The number of allylic oxidation sites excluding steroid dienone is 18. The molecule has 0 saturated carbocycles. The number of hydrogen-bond donors (Lipinski definition) is 0. The zero-order valence-electron chi connectivity index (χ0n) is 33.5. The molecule has 0 aromatic carbocycles. The quantitative estimate of drug-likeness (QED) is 0.0284. The minimum absolute atomic E-state index is 0.129. The fourth-order valence-corrected chi connectivity index (χ4v) is 4.78. The number of rotatable bonds is 34. The van der Waals surface area contributed by atoms with E-state index in [9.17, 15) is 14.4 Å². The minimum atomic E-state index is -0.828. The summed E-state index contributed by atoms with van der Waals surface area (Å²) < 4.78 is 16.5. The number of esters is 3. The highest BCUT2D eigenvalue weighted by atomic mass is 16.6. The van der Waals surface area contributed by atoms with Crippen LogP contribution in [0.5, 0.6) is 0 Å². The summed E-state index contributed by atoms with van der Waals surface area (Å²) in [5.74, 6) is -1.08. The van der Waals surface area contributed by atoms with Gasteiger partial charge in [-0.05, 0) is 109 Å². The fourth-order valence-electron chi connectivity index (χ4n) is 4.78. The van der Waals surface area contributed by atoms with Gasteiger partial charge in [-0.3, -0.25) is 14.4 Å². The van der Waals surface area contributed by atoms with E-state index in [1.807, 2.05) is 0 Å². The smallest absolute Gasteiger partial charge is 0.306 e. The summed E-state index contributed by atoms with van der Waals surface area (Å²) in [7, 11) is 0. The molecular formula is C47H72O6. The van der Waals surface area contributed by atoms with E-state index in [2.05, 4.69) is 130 Å². The van der Waals surface area contributed by atoms with Crippen LogP contribution in [-0.4, -0.2) is 37.2 Å². The molecule has 0 rings (SSSR count). The first-order chi connectivity index (χ1) is 26.0. The molecule has 1 unspecified atom stereocenters. The van der Waals surface area contributed by atoms with Crippen molar-refractivity contribution in [1.82, 2.24) is 0 Å². The molecule has 0 aliphatic heterocycles. The van der Waals surface area contributed by atoms with Gasteiger partial charge < -0.3 is 14.2 Å². The van der Waals surface area contributed by atoms with E-state index in [4.69, 9.17) is 14.2 Å². The van der Waals surface area contributed by atoms with E-state index in [1.165, 1.54) is 0 Å². The maximum absolute atomic E-state index is 12.6. The van der Waals surface area contributed by atoms with Gasteiger partial charge in [0.25, 0.3) is 0 Å². The van der Waals surface area contributed by atoms with Crippen LogP contribution in [0.25, 0.3) is 0 Å². The first-order valence-corrected chi connectivity index (χ1v) is 20.4. The Bertz CT molecular complexity index is 1160. The summed E-state index contributed by atoms with van der Waals surface area (Å²) in [6.45, 7) is 6.11. The van der Waals surface area contributed by atoms with Crippen LogP contribution < -0.4 is 0 Å². The second kappa shape index (κ2) is 40.8. The van der Waals surface area contributed by atoms with Gasteiger partial charge in [-0.15, -0.1) is 0 Å². The molecule has 0 spiro atoms. The van der Waals surface area contributed by atoms with Gasteiger partial charge in [0.1, 0.15) is 13.2 Å². The van der Waals surface area contributed by atoms with Crippen LogP contribution in [0.3, 0.4) is 0 Å². The van der Waals surface area contributed by atoms with Gasteiger partial charge in [0.15, 0.2) is 6.10 Å². The summed E-state index contributed by atoms with van der Waals surface area (Å²) in [4.78, 5) is 37.4. The Hall–Kier alpha value is -3.93. The van der Waals surface area contributed by atoms with Crippen LogP contribution in [0.15, 0.2) is 109 Å². The lowest BCUT2D eigenvalue weighted by Gasteiger charge is -2.18. The molecule has 6 nitrogen and oxygen atoms in total. The third kappa shape index (κ3) is 39.1. The van der Waals surface area contributed by atoms with E-state index in [1.54, 1.807) is 0 Å². The number of unbranched alkanes of at least 4 members (excludes halogenated alkanes) is 5. The summed E-state index contributed by atoms with van der Waals surface area (Å²) >= 11 is 0. The Balaban J connectivity index is 4.52. The van der Waals surface area contributed by atoms with E-state index in [0.29, 0.717) is 25.7 Å². The normalized spacial score (nSPS) is 13.2. The zero-order valence-corrected chi connectivity index (χ0v) is 33.5. The molecule has 0 amide bonds. The second-order valence-electron chi connectivity index (χ2n) is 12.7. The largest absolute Gasteiger partial charge is 0.462 e.